The van der Waals surface area contributed by atoms with Crippen LogP contribution in [0.2, 0.25) is 0 Å². The predicted octanol–water partition coefficient (Wildman–Crippen LogP) is 6.61. The molecule has 0 aromatic heterocycles. The number of hydrogen-bond donors (Lipinski definition) is 0. The summed E-state index contributed by atoms with van der Waals surface area (Å²) in [5, 5.41) is 1.93. The van der Waals surface area contributed by atoms with E-state index in [4.69, 9.17) is 0 Å². The van der Waals surface area contributed by atoms with Gasteiger partial charge in [-0.25, -0.2) is 17.6 Å². The lowest BCUT2D eigenvalue weighted by molar-refractivity contribution is 0.574. The Hall–Kier alpha value is -3.26. The van der Waals surface area contributed by atoms with Gasteiger partial charge in [0.05, 0.1) is 10.7 Å². The van der Waals surface area contributed by atoms with Crippen molar-refractivity contribution in [1.82, 2.24) is 0 Å². The molecular formula is C23H13F4NS. The average Bonchev–Trinajstić information content (AvgIpc) is 2.70. The smallest absolute Gasteiger partial charge is 0.153 e. The van der Waals surface area contributed by atoms with Crippen LogP contribution >= 0.6 is 12.2 Å². The summed E-state index contributed by atoms with van der Waals surface area (Å²) in [7, 11) is 0. The Kier molecular flexibility index (Phi) is 6.23. The van der Waals surface area contributed by atoms with Crippen molar-refractivity contribution >= 4 is 23.1 Å². The molecule has 0 spiro atoms. The highest BCUT2D eigenvalue weighted by Crippen LogP contribution is 2.29. The van der Waals surface area contributed by atoms with E-state index in [1.165, 1.54) is 12.1 Å². The molecule has 0 unspecified atom stereocenters. The van der Waals surface area contributed by atoms with Gasteiger partial charge in [0.15, 0.2) is 11.6 Å². The zero-order valence-electron chi connectivity index (χ0n) is 15.2. The molecular weight excluding hydrogens is 398 g/mol. The third-order valence-electron chi connectivity index (χ3n) is 4.23. The summed E-state index contributed by atoms with van der Waals surface area (Å²) < 4.78 is 56.0. The van der Waals surface area contributed by atoms with Gasteiger partial charge in [0.1, 0.15) is 17.3 Å². The van der Waals surface area contributed by atoms with Crippen molar-refractivity contribution in [3.8, 4) is 23.0 Å². The van der Waals surface area contributed by atoms with E-state index in [2.05, 4.69) is 29.1 Å². The molecule has 0 saturated carbocycles. The Morgan fingerprint density at radius 2 is 1.38 bits per heavy atom. The zero-order valence-corrected chi connectivity index (χ0v) is 16.0. The van der Waals surface area contributed by atoms with E-state index < -0.39 is 29.0 Å². The van der Waals surface area contributed by atoms with Gasteiger partial charge in [0.2, 0.25) is 0 Å². The van der Waals surface area contributed by atoms with Gasteiger partial charge < -0.3 is 0 Å². The molecule has 0 bridgehead atoms. The average molecular weight is 411 g/mol. The van der Waals surface area contributed by atoms with Crippen molar-refractivity contribution in [3.63, 3.8) is 0 Å². The summed E-state index contributed by atoms with van der Waals surface area (Å²) in [4.78, 5) is 3.37. The minimum absolute atomic E-state index is 0.301. The van der Waals surface area contributed by atoms with Crippen LogP contribution < -0.4 is 0 Å². The zero-order chi connectivity index (χ0) is 21.0. The van der Waals surface area contributed by atoms with Crippen molar-refractivity contribution in [3.05, 3.63) is 88.5 Å². The highest BCUT2D eigenvalue weighted by Gasteiger charge is 2.12. The minimum atomic E-state index is -0.859. The number of rotatable bonds is 3. The molecule has 144 valence electrons. The normalized spacial score (nSPS) is 10.1. The first kappa shape index (κ1) is 20.5. The molecule has 0 fully saturated rings. The van der Waals surface area contributed by atoms with E-state index in [1.54, 1.807) is 31.2 Å². The van der Waals surface area contributed by atoms with E-state index in [0.29, 0.717) is 28.7 Å². The van der Waals surface area contributed by atoms with Crippen molar-refractivity contribution < 1.29 is 17.6 Å². The van der Waals surface area contributed by atoms with Crippen LogP contribution in [0.25, 0.3) is 11.1 Å². The van der Waals surface area contributed by atoms with Gasteiger partial charge in [-0.15, -0.1) is 0 Å². The van der Waals surface area contributed by atoms with Crippen molar-refractivity contribution in [2.24, 2.45) is 4.99 Å². The van der Waals surface area contributed by atoms with E-state index in [0.717, 1.165) is 12.1 Å². The number of halogens is 4. The Morgan fingerprint density at radius 1 is 0.793 bits per heavy atom. The predicted molar refractivity (Wildman–Crippen MR) is 108 cm³/mol. The second-order valence-electron chi connectivity index (χ2n) is 6.11. The quantitative estimate of drug-likeness (QED) is 0.205. The standard InChI is InChI=1S/C23H13F4NS/c1-2-14-9-19(24)18(20(25)10-14)8-5-15-3-6-16(7-4-15)17-11-21(26)23(28-13-29)22(27)12-17/h3-4,6-7,9-12H,2H2,1H3. The van der Waals surface area contributed by atoms with Gasteiger partial charge >= 0.3 is 0 Å². The van der Waals surface area contributed by atoms with Crippen LogP contribution in [0.3, 0.4) is 0 Å². The Morgan fingerprint density at radius 3 is 1.90 bits per heavy atom. The molecule has 0 saturated heterocycles. The van der Waals surface area contributed by atoms with Crippen LogP contribution in [0.15, 0.2) is 53.5 Å². The summed E-state index contributed by atoms with van der Waals surface area (Å²) in [5.74, 6) is 2.05. The van der Waals surface area contributed by atoms with Gasteiger partial charge in [0.25, 0.3) is 0 Å². The highest BCUT2D eigenvalue weighted by molar-refractivity contribution is 7.78. The molecule has 0 N–H and O–H groups in total. The maximum atomic E-state index is 14.0. The number of benzene rings is 3. The maximum Gasteiger partial charge on any atom is 0.153 e. The molecule has 3 aromatic rings. The van der Waals surface area contributed by atoms with Crippen LogP contribution in [0.1, 0.15) is 23.6 Å². The van der Waals surface area contributed by atoms with Gasteiger partial charge in [-0.2, -0.15) is 4.99 Å². The Balaban J connectivity index is 1.90. The maximum absolute atomic E-state index is 14.0. The van der Waals surface area contributed by atoms with Crippen LogP contribution in [0.4, 0.5) is 23.2 Å². The van der Waals surface area contributed by atoms with Crippen LogP contribution in [0.5, 0.6) is 0 Å². The van der Waals surface area contributed by atoms with E-state index >= 15 is 0 Å². The molecule has 29 heavy (non-hydrogen) atoms. The third kappa shape index (κ3) is 4.60. The summed E-state index contributed by atoms with van der Waals surface area (Å²) in [6, 6.07) is 11.2. The minimum Gasteiger partial charge on any atom is -0.206 e. The molecule has 3 rings (SSSR count). The summed E-state index contributed by atoms with van der Waals surface area (Å²) >= 11 is 4.37. The molecule has 6 heteroatoms. The summed E-state index contributed by atoms with van der Waals surface area (Å²) in [5.41, 5.74) is 1.09. The summed E-state index contributed by atoms with van der Waals surface area (Å²) in [6.07, 6.45) is 0.517. The summed E-state index contributed by atoms with van der Waals surface area (Å²) in [6.45, 7) is 1.80. The van der Waals surface area contributed by atoms with Gasteiger partial charge in [-0.1, -0.05) is 30.9 Å². The van der Waals surface area contributed by atoms with Crippen LogP contribution in [0, 0.1) is 35.1 Å². The lowest BCUT2D eigenvalue weighted by atomic mass is 10.0. The fraction of sp³-hybridized carbons (Fsp3) is 0.0870. The topological polar surface area (TPSA) is 12.4 Å². The Bertz CT molecular complexity index is 1140. The number of aryl methyl sites for hydroxylation is 1. The second-order valence-corrected chi connectivity index (χ2v) is 6.29. The van der Waals surface area contributed by atoms with Crippen molar-refractivity contribution in [1.29, 1.82) is 0 Å². The lowest BCUT2D eigenvalue weighted by Gasteiger charge is -2.05. The molecule has 0 aliphatic carbocycles. The van der Waals surface area contributed by atoms with E-state index in [9.17, 15) is 17.6 Å². The second kappa shape index (κ2) is 8.83. The Labute approximate surface area is 170 Å². The van der Waals surface area contributed by atoms with Crippen LogP contribution in [-0.2, 0) is 6.42 Å². The van der Waals surface area contributed by atoms with Gasteiger partial charge in [-0.3, -0.25) is 0 Å². The first-order chi connectivity index (χ1) is 13.9. The SMILES string of the molecule is CCc1cc(F)c(C#Cc2ccc(-c3cc(F)c(N=C=S)c(F)c3)cc2)c(F)c1. The van der Waals surface area contributed by atoms with Crippen molar-refractivity contribution in [2.75, 3.05) is 0 Å². The van der Waals surface area contributed by atoms with E-state index in [1.807, 2.05) is 5.16 Å². The van der Waals surface area contributed by atoms with Gasteiger partial charge in [-0.05, 0) is 71.7 Å². The number of nitrogens with zero attached hydrogens (tertiary/aromatic N) is 1. The number of isothiocyanates is 1. The van der Waals surface area contributed by atoms with Crippen LogP contribution in [-0.4, -0.2) is 5.16 Å². The largest absolute Gasteiger partial charge is 0.206 e. The molecule has 0 amide bonds. The first-order valence-corrected chi connectivity index (χ1v) is 9.01. The van der Waals surface area contributed by atoms with Crippen molar-refractivity contribution in [2.45, 2.75) is 13.3 Å². The van der Waals surface area contributed by atoms with Gasteiger partial charge in [0, 0.05) is 5.56 Å². The lowest BCUT2D eigenvalue weighted by Crippen LogP contribution is -1.93. The number of thiocarbonyl (C=S) groups is 1. The number of hydrogen-bond acceptors (Lipinski definition) is 2. The highest BCUT2D eigenvalue weighted by atomic mass is 32.1. The molecule has 0 radical (unpaired) electrons. The first-order valence-electron chi connectivity index (χ1n) is 8.60. The fourth-order valence-corrected chi connectivity index (χ4v) is 2.81. The monoisotopic (exact) mass is 411 g/mol. The molecule has 0 heterocycles. The third-order valence-corrected chi connectivity index (χ3v) is 4.33. The molecule has 1 nitrogen and oxygen atoms in total. The number of aliphatic imine (C=N–C) groups is 1. The molecule has 0 aliphatic rings. The molecule has 3 aromatic carbocycles. The molecule has 0 atom stereocenters. The molecule has 0 aliphatic heterocycles. The fourth-order valence-electron chi connectivity index (χ4n) is 2.71. The van der Waals surface area contributed by atoms with E-state index in [-0.39, 0.29) is 5.56 Å².